The van der Waals surface area contributed by atoms with Gasteiger partial charge in [-0.25, -0.2) is 0 Å². The van der Waals surface area contributed by atoms with E-state index in [1.54, 1.807) is 0 Å². The summed E-state index contributed by atoms with van der Waals surface area (Å²) in [5.74, 6) is 0.823. The number of amides is 1. The highest BCUT2D eigenvalue weighted by Crippen LogP contribution is 2.31. The van der Waals surface area contributed by atoms with Crippen LogP contribution in [0.1, 0.15) is 62.6 Å². The Kier molecular flexibility index (Phi) is 10.3. The maximum Gasteiger partial charge on any atom is 0.224 e. The van der Waals surface area contributed by atoms with E-state index < -0.39 is 0 Å². The monoisotopic (exact) mass is 531 g/mol. The summed E-state index contributed by atoms with van der Waals surface area (Å²) in [6, 6.07) is 14.4. The lowest BCUT2D eigenvalue weighted by Crippen LogP contribution is -2.49. The second kappa shape index (κ2) is 13.7. The molecule has 1 atom stereocenters. The lowest BCUT2D eigenvalue weighted by Gasteiger charge is -2.43. The van der Waals surface area contributed by atoms with Crippen molar-refractivity contribution in [3.63, 3.8) is 0 Å². The van der Waals surface area contributed by atoms with Gasteiger partial charge < -0.3 is 15.0 Å². The standard InChI is InChI=1S/C29H39Cl2N3O2/c1-2-17-36-25-8-6-7-22(18-25)19-29(35)32-21-28(23-9-10-26(30)27(31)20-23)34-15-11-24(12-16-34)33-13-4-3-5-14-33/h6-10,18,20,24,28H,2-5,11-17,19,21H2,1H3,(H,32,35). The van der Waals surface area contributed by atoms with Crippen molar-refractivity contribution in [2.45, 2.75) is 64.0 Å². The highest BCUT2D eigenvalue weighted by atomic mass is 35.5. The van der Waals surface area contributed by atoms with Crippen molar-refractivity contribution >= 4 is 29.1 Å². The summed E-state index contributed by atoms with van der Waals surface area (Å²) in [6.45, 7) is 7.80. The molecule has 7 heteroatoms. The molecule has 0 saturated carbocycles. The lowest BCUT2D eigenvalue weighted by molar-refractivity contribution is -0.120. The maximum atomic E-state index is 12.9. The van der Waals surface area contributed by atoms with E-state index in [9.17, 15) is 4.79 Å². The maximum absolute atomic E-state index is 12.9. The van der Waals surface area contributed by atoms with Crippen molar-refractivity contribution in [1.29, 1.82) is 0 Å². The summed E-state index contributed by atoms with van der Waals surface area (Å²) < 4.78 is 5.72. The van der Waals surface area contributed by atoms with Gasteiger partial charge in [0.1, 0.15) is 5.75 Å². The molecule has 2 aliphatic rings. The summed E-state index contributed by atoms with van der Waals surface area (Å²) in [5, 5.41) is 4.30. The number of nitrogens with zero attached hydrogens (tertiary/aromatic N) is 2. The van der Waals surface area contributed by atoms with Crippen LogP contribution >= 0.6 is 23.2 Å². The summed E-state index contributed by atoms with van der Waals surface area (Å²) in [5.41, 5.74) is 2.05. The average Bonchev–Trinajstić information content (AvgIpc) is 2.90. The highest BCUT2D eigenvalue weighted by molar-refractivity contribution is 6.42. The molecule has 4 rings (SSSR count). The quantitative estimate of drug-likeness (QED) is 0.400. The Balaban J connectivity index is 1.39. The molecule has 5 nitrogen and oxygen atoms in total. The molecule has 36 heavy (non-hydrogen) atoms. The number of nitrogens with one attached hydrogen (secondary N) is 1. The first-order valence-corrected chi connectivity index (χ1v) is 14.2. The van der Waals surface area contributed by atoms with Gasteiger partial charge in [0.05, 0.1) is 29.1 Å². The Hall–Kier alpha value is -1.79. The summed E-state index contributed by atoms with van der Waals surface area (Å²) in [4.78, 5) is 18.1. The van der Waals surface area contributed by atoms with Gasteiger partial charge in [-0.2, -0.15) is 0 Å². The number of likely N-dealkylation sites (tertiary alicyclic amines) is 2. The molecular weight excluding hydrogens is 493 g/mol. The van der Waals surface area contributed by atoms with Crippen LogP contribution in [-0.2, 0) is 11.2 Å². The number of hydrogen-bond acceptors (Lipinski definition) is 4. The molecule has 1 unspecified atom stereocenters. The number of hydrogen-bond donors (Lipinski definition) is 1. The zero-order valence-electron chi connectivity index (χ0n) is 21.4. The molecule has 0 spiro atoms. The third-order valence-electron chi connectivity index (χ3n) is 7.40. The van der Waals surface area contributed by atoms with Gasteiger partial charge in [-0.3, -0.25) is 9.69 Å². The molecule has 2 saturated heterocycles. The Morgan fingerprint density at radius 1 is 1.03 bits per heavy atom. The van der Waals surface area contributed by atoms with Crippen molar-refractivity contribution < 1.29 is 9.53 Å². The number of carbonyl (C=O) groups excluding carboxylic acids is 1. The van der Waals surface area contributed by atoms with Crippen molar-refractivity contribution in [1.82, 2.24) is 15.1 Å². The lowest BCUT2D eigenvalue weighted by atomic mass is 9.96. The molecule has 0 aromatic heterocycles. The van der Waals surface area contributed by atoms with E-state index in [4.69, 9.17) is 27.9 Å². The van der Waals surface area contributed by atoms with Gasteiger partial charge in [0.2, 0.25) is 5.91 Å². The third kappa shape index (κ3) is 7.61. The van der Waals surface area contributed by atoms with Crippen LogP contribution in [0, 0.1) is 0 Å². The zero-order valence-corrected chi connectivity index (χ0v) is 22.9. The number of piperidine rings is 2. The van der Waals surface area contributed by atoms with Crippen LogP contribution in [0.15, 0.2) is 42.5 Å². The highest BCUT2D eigenvalue weighted by Gasteiger charge is 2.30. The smallest absolute Gasteiger partial charge is 0.224 e. The van der Waals surface area contributed by atoms with Crippen LogP contribution < -0.4 is 10.1 Å². The Labute approximate surface area is 226 Å². The van der Waals surface area contributed by atoms with E-state index in [0.29, 0.717) is 35.7 Å². The van der Waals surface area contributed by atoms with E-state index in [0.717, 1.165) is 49.2 Å². The van der Waals surface area contributed by atoms with Gasteiger partial charge in [-0.05, 0) is 80.6 Å². The molecule has 2 heterocycles. The Morgan fingerprint density at radius 2 is 1.81 bits per heavy atom. The Morgan fingerprint density at radius 3 is 2.53 bits per heavy atom. The third-order valence-corrected chi connectivity index (χ3v) is 8.14. The van der Waals surface area contributed by atoms with Gasteiger partial charge in [-0.15, -0.1) is 0 Å². The minimum atomic E-state index is 0.0101. The topological polar surface area (TPSA) is 44.8 Å². The predicted octanol–water partition coefficient (Wildman–Crippen LogP) is 6.13. The molecule has 2 aromatic carbocycles. The SMILES string of the molecule is CCCOc1cccc(CC(=O)NCC(c2ccc(Cl)c(Cl)c2)N2CCC(N3CCCCC3)CC2)c1. The molecular formula is C29H39Cl2N3O2. The second-order valence-corrected chi connectivity index (χ2v) is 10.8. The van der Waals surface area contributed by atoms with E-state index in [1.807, 2.05) is 42.5 Å². The number of ether oxygens (including phenoxy) is 1. The number of rotatable bonds is 10. The largest absolute Gasteiger partial charge is 0.494 e. The molecule has 0 aliphatic carbocycles. The van der Waals surface area contributed by atoms with Gasteiger partial charge >= 0.3 is 0 Å². The van der Waals surface area contributed by atoms with Crippen LogP contribution in [-0.4, -0.2) is 61.1 Å². The van der Waals surface area contributed by atoms with Crippen molar-refractivity contribution in [2.24, 2.45) is 0 Å². The fourth-order valence-corrected chi connectivity index (χ4v) is 5.75. The average molecular weight is 533 g/mol. The van der Waals surface area contributed by atoms with Gasteiger partial charge in [-0.1, -0.05) is 54.7 Å². The number of halogens is 2. The van der Waals surface area contributed by atoms with Crippen LogP contribution in [0.2, 0.25) is 10.0 Å². The first kappa shape index (κ1) is 27.3. The van der Waals surface area contributed by atoms with Crippen LogP contribution in [0.3, 0.4) is 0 Å². The Bertz CT molecular complexity index is 988. The van der Waals surface area contributed by atoms with Crippen LogP contribution in [0.5, 0.6) is 5.75 Å². The van der Waals surface area contributed by atoms with Gasteiger partial charge in [0.25, 0.3) is 0 Å². The molecule has 2 aliphatic heterocycles. The van der Waals surface area contributed by atoms with E-state index in [-0.39, 0.29) is 11.9 Å². The second-order valence-electron chi connectivity index (χ2n) is 10.0. The van der Waals surface area contributed by atoms with Crippen LogP contribution in [0.25, 0.3) is 0 Å². The van der Waals surface area contributed by atoms with E-state index in [2.05, 4.69) is 22.0 Å². The first-order chi connectivity index (χ1) is 17.5. The van der Waals surface area contributed by atoms with E-state index in [1.165, 1.54) is 32.4 Å². The van der Waals surface area contributed by atoms with Crippen molar-refractivity contribution in [3.8, 4) is 5.75 Å². The first-order valence-electron chi connectivity index (χ1n) is 13.4. The molecule has 0 bridgehead atoms. The fourth-order valence-electron chi connectivity index (χ4n) is 5.45. The predicted molar refractivity (Wildman–Crippen MR) is 148 cm³/mol. The fraction of sp³-hybridized carbons (Fsp3) is 0.552. The minimum Gasteiger partial charge on any atom is -0.494 e. The minimum absolute atomic E-state index is 0.0101. The number of benzene rings is 2. The molecule has 0 radical (unpaired) electrons. The normalized spacial score (nSPS) is 18.6. The van der Waals surface area contributed by atoms with Crippen molar-refractivity contribution in [3.05, 3.63) is 63.6 Å². The molecule has 1 N–H and O–H groups in total. The summed E-state index contributed by atoms with van der Waals surface area (Å²) >= 11 is 12.6. The molecule has 1 amide bonds. The molecule has 196 valence electrons. The van der Waals surface area contributed by atoms with Gasteiger partial charge in [0, 0.05) is 25.7 Å². The van der Waals surface area contributed by atoms with Crippen LogP contribution in [0.4, 0.5) is 0 Å². The summed E-state index contributed by atoms with van der Waals surface area (Å²) in [7, 11) is 0. The molecule has 2 fully saturated rings. The molecule has 2 aromatic rings. The van der Waals surface area contributed by atoms with Gasteiger partial charge in [0.15, 0.2) is 0 Å². The van der Waals surface area contributed by atoms with E-state index >= 15 is 0 Å². The van der Waals surface area contributed by atoms with Crippen molar-refractivity contribution in [2.75, 3.05) is 39.3 Å². The summed E-state index contributed by atoms with van der Waals surface area (Å²) in [6.07, 6.45) is 7.62. The zero-order chi connectivity index (χ0) is 25.3. The number of carbonyl (C=O) groups is 1.